The van der Waals surface area contributed by atoms with Crippen molar-refractivity contribution in [3.63, 3.8) is 0 Å². The Morgan fingerprint density at radius 3 is 2.56 bits per heavy atom. The highest BCUT2D eigenvalue weighted by atomic mass is 32.1. The highest BCUT2D eigenvalue weighted by Crippen LogP contribution is 2.24. The fourth-order valence-corrected chi connectivity index (χ4v) is 3.98. The molecule has 2 saturated heterocycles. The molecule has 3 rings (SSSR count). The minimum atomic E-state index is -0.449. The van der Waals surface area contributed by atoms with Crippen molar-refractivity contribution in [1.82, 2.24) is 14.7 Å². The number of rotatable bonds is 5. The highest BCUT2D eigenvalue weighted by molar-refractivity contribution is 7.81. The molecule has 0 unspecified atom stereocenters. The number of nitrogens with zero attached hydrogens (tertiary/aromatic N) is 4. The summed E-state index contributed by atoms with van der Waals surface area (Å²) in [6.45, 7) is 5.64. The predicted molar refractivity (Wildman–Crippen MR) is 105 cm³/mol. The van der Waals surface area contributed by atoms with E-state index in [0.717, 1.165) is 44.7 Å². The molecule has 148 valence electrons. The van der Waals surface area contributed by atoms with E-state index in [-0.39, 0.29) is 29.7 Å². The van der Waals surface area contributed by atoms with Crippen LogP contribution in [-0.2, 0) is 11.3 Å². The lowest BCUT2D eigenvalue weighted by Crippen LogP contribution is -2.50. The van der Waals surface area contributed by atoms with Crippen LogP contribution in [0.3, 0.4) is 0 Å². The van der Waals surface area contributed by atoms with Crippen LogP contribution < -0.4 is 0 Å². The summed E-state index contributed by atoms with van der Waals surface area (Å²) in [7, 11) is 2.12. The Morgan fingerprint density at radius 2 is 1.93 bits per heavy atom. The molecule has 2 aliphatic heterocycles. The largest absolute Gasteiger partial charge is 0.445 e. The van der Waals surface area contributed by atoms with E-state index < -0.39 is 4.92 Å². The summed E-state index contributed by atoms with van der Waals surface area (Å²) in [5.74, 6) is 0. The molecule has 27 heavy (non-hydrogen) atoms. The standard InChI is InChI=1S/C18H26N4O4S/c1-19-6-8-20(9-7-19)11-16-10-17(27)12-21(16)18(23)26-13-14-2-4-15(5-3-14)22(24)25/h2-5,16-17,27H,6-13H2,1H3/t16-,17-/m0/s1. The molecule has 0 aliphatic carbocycles. The number of nitro benzene ring substituents is 1. The van der Waals surface area contributed by atoms with E-state index in [9.17, 15) is 14.9 Å². The highest BCUT2D eigenvalue weighted by Gasteiger charge is 2.36. The average Bonchev–Trinajstić information content (AvgIpc) is 3.02. The number of hydrogen-bond acceptors (Lipinski definition) is 7. The third-order valence-corrected chi connectivity index (χ3v) is 5.58. The van der Waals surface area contributed by atoms with Crippen LogP contribution in [0.5, 0.6) is 0 Å². The molecule has 1 amide bonds. The normalized spacial score (nSPS) is 24.1. The van der Waals surface area contributed by atoms with E-state index in [0.29, 0.717) is 6.54 Å². The zero-order valence-corrected chi connectivity index (χ0v) is 16.4. The average molecular weight is 394 g/mol. The molecule has 0 spiro atoms. The summed E-state index contributed by atoms with van der Waals surface area (Å²) in [4.78, 5) is 29.3. The molecule has 2 heterocycles. The molecule has 1 aromatic rings. The van der Waals surface area contributed by atoms with Gasteiger partial charge in [0.25, 0.3) is 5.69 Å². The number of hydrogen-bond donors (Lipinski definition) is 1. The number of benzene rings is 1. The van der Waals surface area contributed by atoms with Crippen LogP contribution in [0.15, 0.2) is 24.3 Å². The van der Waals surface area contributed by atoms with Gasteiger partial charge in [-0.05, 0) is 31.2 Å². The lowest BCUT2D eigenvalue weighted by atomic mass is 10.2. The van der Waals surface area contributed by atoms with Crippen LogP contribution in [0.25, 0.3) is 0 Å². The summed E-state index contributed by atoms with van der Waals surface area (Å²) in [6, 6.07) is 6.16. The number of nitro groups is 1. The van der Waals surface area contributed by atoms with Gasteiger partial charge in [-0.2, -0.15) is 12.6 Å². The third kappa shape index (κ3) is 5.33. The second-order valence-corrected chi connectivity index (χ2v) is 8.01. The van der Waals surface area contributed by atoms with Crippen LogP contribution in [0.1, 0.15) is 12.0 Å². The molecule has 9 heteroatoms. The number of ether oxygens (including phenoxy) is 1. The van der Waals surface area contributed by atoms with Crippen molar-refractivity contribution >= 4 is 24.4 Å². The summed E-state index contributed by atoms with van der Waals surface area (Å²) < 4.78 is 5.45. The Balaban J connectivity index is 1.53. The molecule has 0 bridgehead atoms. The quantitative estimate of drug-likeness (QED) is 0.467. The van der Waals surface area contributed by atoms with Gasteiger partial charge in [-0.1, -0.05) is 0 Å². The van der Waals surface area contributed by atoms with Gasteiger partial charge < -0.3 is 14.5 Å². The SMILES string of the molecule is CN1CCN(C[C@@H]2C[C@H](S)CN2C(=O)OCc2ccc([N+](=O)[O-])cc2)CC1. The Morgan fingerprint density at radius 1 is 1.26 bits per heavy atom. The van der Waals surface area contributed by atoms with Gasteiger partial charge in [-0.15, -0.1) is 0 Å². The topological polar surface area (TPSA) is 79.2 Å². The van der Waals surface area contributed by atoms with E-state index in [1.54, 1.807) is 17.0 Å². The molecule has 8 nitrogen and oxygen atoms in total. The van der Waals surface area contributed by atoms with Crippen molar-refractivity contribution in [2.24, 2.45) is 0 Å². The summed E-state index contributed by atoms with van der Waals surface area (Å²) >= 11 is 4.57. The van der Waals surface area contributed by atoms with Gasteiger partial charge in [0.2, 0.25) is 0 Å². The van der Waals surface area contributed by atoms with Crippen LogP contribution in [0, 0.1) is 10.1 Å². The van der Waals surface area contributed by atoms with Crippen LogP contribution in [-0.4, -0.2) is 83.3 Å². The molecular weight excluding hydrogens is 368 g/mol. The van der Waals surface area contributed by atoms with E-state index in [4.69, 9.17) is 4.74 Å². The maximum atomic E-state index is 12.6. The van der Waals surface area contributed by atoms with Gasteiger partial charge in [-0.3, -0.25) is 15.0 Å². The first kappa shape index (κ1) is 19.9. The molecule has 0 aromatic heterocycles. The molecule has 2 atom stereocenters. The van der Waals surface area contributed by atoms with Gasteiger partial charge in [-0.25, -0.2) is 4.79 Å². The molecule has 2 aliphatic rings. The monoisotopic (exact) mass is 394 g/mol. The Labute approximate surface area is 164 Å². The number of likely N-dealkylation sites (tertiary alicyclic amines) is 1. The van der Waals surface area contributed by atoms with Gasteiger partial charge in [0, 0.05) is 62.7 Å². The number of carbonyl (C=O) groups excluding carboxylic acids is 1. The van der Waals surface area contributed by atoms with Crippen molar-refractivity contribution < 1.29 is 14.5 Å². The first-order chi connectivity index (χ1) is 12.9. The minimum absolute atomic E-state index is 0.0229. The van der Waals surface area contributed by atoms with Crippen LogP contribution >= 0.6 is 12.6 Å². The zero-order chi connectivity index (χ0) is 19.4. The Kier molecular flexibility index (Phi) is 6.56. The number of piperazine rings is 1. The molecular formula is C18H26N4O4S. The number of non-ortho nitro benzene ring substituents is 1. The second-order valence-electron chi connectivity index (χ2n) is 7.28. The first-order valence-electron chi connectivity index (χ1n) is 9.18. The smallest absolute Gasteiger partial charge is 0.410 e. The van der Waals surface area contributed by atoms with Crippen LogP contribution in [0.4, 0.5) is 10.5 Å². The van der Waals surface area contributed by atoms with E-state index >= 15 is 0 Å². The lowest BCUT2D eigenvalue weighted by Gasteiger charge is -2.35. The van der Waals surface area contributed by atoms with E-state index in [2.05, 4.69) is 29.5 Å². The van der Waals surface area contributed by atoms with Crippen molar-refractivity contribution in [2.45, 2.75) is 24.3 Å². The third-order valence-electron chi connectivity index (χ3n) is 5.20. The van der Waals surface area contributed by atoms with E-state index in [1.165, 1.54) is 12.1 Å². The minimum Gasteiger partial charge on any atom is -0.445 e. The predicted octanol–water partition coefficient (Wildman–Crippen LogP) is 1.85. The van der Waals surface area contributed by atoms with Gasteiger partial charge >= 0.3 is 6.09 Å². The molecule has 0 N–H and O–H groups in total. The maximum Gasteiger partial charge on any atom is 0.410 e. The Bertz CT molecular complexity index is 664. The molecule has 0 saturated carbocycles. The first-order valence-corrected chi connectivity index (χ1v) is 9.69. The number of likely N-dealkylation sites (N-methyl/N-ethyl adjacent to an activating group) is 1. The molecule has 0 radical (unpaired) electrons. The molecule has 2 fully saturated rings. The Hall–Kier alpha value is -1.84. The van der Waals surface area contributed by atoms with E-state index in [1.807, 2.05) is 0 Å². The van der Waals surface area contributed by atoms with Crippen molar-refractivity contribution in [2.75, 3.05) is 46.3 Å². The number of thiol groups is 1. The fourth-order valence-electron chi connectivity index (χ4n) is 3.56. The summed E-state index contributed by atoms with van der Waals surface area (Å²) in [6.07, 6.45) is 0.520. The van der Waals surface area contributed by atoms with Crippen molar-refractivity contribution in [3.05, 3.63) is 39.9 Å². The summed E-state index contributed by atoms with van der Waals surface area (Å²) in [5, 5.41) is 10.9. The van der Waals surface area contributed by atoms with Gasteiger partial charge in [0.05, 0.1) is 4.92 Å². The van der Waals surface area contributed by atoms with Crippen molar-refractivity contribution in [3.8, 4) is 0 Å². The van der Waals surface area contributed by atoms with Gasteiger partial charge in [0.15, 0.2) is 0 Å². The lowest BCUT2D eigenvalue weighted by molar-refractivity contribution is -0.384. The summed E-state index contributed by atoms with van der Waals surface area (Å²) in [5.41, 5.74) is 0.751. The fraction of sp³-hybridized carbons (Fsp3) is 0.611. The van der Waals surface area contributed by atoms with Crippen LogP contribution in [0.2, 0.25) is 0 Å². The zero-order valence-electron chi connectivity index (χ0n) is 15.5. The second kappa shape index (κ2) is 8.90. The molecule has 1 aromatic carbocycles. The van der Waals surface area contributed by atoms with Crippen molar-refractivity contribution in [1.29, 1.82) is 0 Å². The number of carbonyl (C=O) groups is 1. The maximum absolute atomic E-state index is 12.6. The van der Waals surface area contributed by atoms with Gasteiger partial charge in [0.1, 0.15) is 6.61 Å². The number of amides is 1.